The molecule has 4 atom stereocenters. The van der Waals surface area contributed by atoms with Crippen LogP contribution < -0.4 is 0 Å². The normalized spacial score (nSPS) is 60.6. The predicted octanol–water partition coefficient (Wildman–Crippen LogP) is 3.04. The van der Waals surface area contributed by atoms with E-state index in [2.05, 4.69) is 37.9 Å². The quantitative estimate of drug-likeness (QED) is 0.544. The van der Waals surface area contributed by atoms with Crippen LogP contribution in [0.25, 0.3) is 0 Å². The molecule has 13 heavy (non-hydrogen) atoms. The van der Waals surface area contributed by atoms with E-state index >= 15 is 0 Å². The molecule has 0 radical (unpaired) electrons. The Hall–Kier alpha value is -0.400. The van der Waals surface area contributed by atoms with Crippen molar-refractivity contribution in [1.82, 2.24) is 0 Å². The van der Waals surface area contributed by atoms with Gasteiger partial charge in [-0.25, -0.2) is 0 Å². The summed E-state index contributed by atoms with van der Waals surface area (Å²) in [7, 11) is 0. The number of hydrogen-bond donors (Lipinski definition) is 0. The molecule has 0 spiro atoms. The molecule has 2 fully saturated rings. The second-order valence-corrected chi connectivity index (χ2v) is 5.91. The molecule has 0 amide bonds. The van der Waals surface area contributed by atoms with E-state index in [4.69, 9.17) is 0 Å². The third kappa shape index (κ3) is 0.514. The van der Waals surface area contributed by atoms with Gasteiger partial charge in [0.25, 0.3) is 0 Å². The molecule has 1 heterocycles. The van der Waals surface area contributed by atoms with E-state index in [-0.39, 0.29) is 16.5 Å². The van der Waals surface area contributed by atoms with Crippen LogP contribution in [0.5, 0.6) is 0 Å². The number of nitrogens with zero attached hydrogens (tertiary/aromatic N) is 2. The van der Waals surface area contributed by atoms with Crippen molar-refractivity contribution in [3.05, 3.63) is 0 Å². The number of fused-ring (bicyclic) bond motifs is 5. The summed E-state index contributed by atoms with van der Waals surface area (Å²) in [4.78, 5) is 0. The second kappa shape index (κ2) is 1.71. The van der Waals surface area contributed by atoms with Crippen LogP contribution in [0.1, 0.15) is 40.5 Å². The van der Waals surface area contributed by atoms with Crippen molar-refractivity contribution in [1.29, 1.82) is 0 Å². The summed E-state index contributed by atoms with van der Waals surface area (Å²) in [6, 6.07) is 0. The standard InChI is InChI=1S/C11H18N2/c1-9(2)10(3)7-5-6-8(7)11(9,4)13-12-10/h7-8H,5-6H2,1-4H3/t7-,8+,10-,11+. The molecule has 2 saturated carbocycles. The number of rotatable bonds is 0. The van der Waals surface area contributed by atoms with Crippen LogP contribution in [0.4, 0.5) is 0 Å². The van der Waals surface area contributed by atoms with E-state index in [1.807, 2.05) is 0 Å². The smallest absolute Gasteiger partial charge is 0.0894 e. The van der Waals surface area contributed by atoms with Crippen LogP contribution in [-0.4, -0.2) is 11.1 Å². The lowest BCUT2D eigenvalue weighted by Crippen LogP contribution is -2.43. The highest BCUT2D eigenvalue weighted by atomic mass is 15.3. The summed E-state index contributed by atoms with van der Waals surface area (Å²) in [5.74, 6) is 1.65. The predicted molar refractivity (Wildman–Crippen MR) is 51.7 cm³/mol. The third-order valence-electron chi connectivity index (χ3n) is 5.71. The van der Waals surface area contributed by atoms with Crippen molar-refractivity contribution in [3.63, 3.8) is 0 Å². The fraction of sp³-hybridized carbons (Fsp3) is 1.00. The first kappa shape index (κ1) is 7.95. The molecule has 2 heteroatoms. The van der Waals surface area contributed by atoms with Crippen LogP contribution in [0.15, 0.2) is 10.2 Å². The average Bonchev–Trinajstić information content (AvgIpc) is 2.13. The van der Waals surface area contributed by atoms with Gasteiger partial charge in [0.1, 0.15) is 0 Å². The lowest BCUT2D eigenvalue weighted by atomic mass is 9.66. The molecule has 0 aromatic rings. The number of hydrogen-bond acceptors (Lipinski definition) is 2. The van der Waals surface area contributed by atoms with E-state index in [9.17, 15) is 0 Å². The monoisotopic (exact) mass is 178 g/mol. The fourth-order valence-corrected chi connectivity index (χ4v) is 3.89. The van der Waals surface area contributed by atoms with Gasteiger partial charge in [-0.1, -0.05) is 13.8 Å². The molecular weight excluding hydrogens is 160 g/mol. The molecule has 0 aromatic heterocycles. The van der Waals surface area contributed by atoms with Crippen molar-refractivity contribution in [3.8, 4) is 0 Å². The fourth-order valence-electron chi connectivity index (χ4n) is 3.89. The molecular formula is C11H18N2. The van der Waals surface area contributed by atoms with Crippen LogP contribution >= 0.6 is 0 Å². The SMILES string of the molecule is CC1(C)[C@@]2(C)N=N[C@]1(C)[C@@H]1CC[C@@H]12. The van der Waals surface area contributed by atoms with Crippen LogP contribution in [0, 0.1) is 17.3 Å². The molecule has 0 unspecified atom stereocenters. The molecule has 0 N–H and O–H groups in total. The maximum Gasteiger partial charge on any atom is 0.0894 e. The highest BCUT2D eigenvalue weighted by Crippen LogP contribution is 2.72. The van der Waals surface area contributed by atoms with Gasteiger partial charge in [0.2, 0.25) is 0 Å². The first-order chi connectivity index (χ1) is 5.93. The van der Waals surface area contributed by atoms with Gasteiger partial charge in [0, 0.05) is 5.41 Å². The molecule has 3 aliphatic rings. The molecule has 0 saturated heterocycles. The lowest BCUT2D eigenvalue weighted by molar-refractivity contribution is 0.0988. The zero-order chi connectivity index (χ0) is 9.48. The molecule has 2 nitrogen and oxygen atoms in total. The molecule has 0 aromatic carbocycles. The highest BCUT2D eigenvalue weighted by Gasteiger charge is 2.75. The minimum atomic E-state index is 0.144. The van der Waals surface area contributed by atoms with Crippen molar-refractivity contribution in [2.45, 2.75) is 51.6 Å². The van der Waals surface area contributed by atoms with Crippen LogP contribution in [0.2, 0.25) is 0 Å². The Morgan fingerprint density at radius 3 is 1.46 bits per heavy atom. The van der Waals surface area contributed by atoms with E-state index in [1.54, 1.807) is 0 Å². The Morgan fingerprint density at radius 1 is 0.846 bits per heavy atom. The number of azo groups is 1. The van der Waals surface area contributed by atoms with E-state index in [0.29, 0.717) is 0 Å². The van der Waals surface area contributed by atoms with Gasteiger partial charge in [-0.2, -0.15) is 10.2 Å². The first-order valence-corrected chi connectivity index (χ1v) is 5.37. The Balaban J connectivity index is 2.22. The van der Waals surface area contributed by atoms with Gasteiger partial charge in [0.15, 0.2) is 0 Å². The zero-order valence-corrected chi connectivity index (χ0v) is 8.96. The Morgan fingerprint density at radius 2 is 1.23 bits per heavy atom. The largest absolute Gasteiger partial charge is 0.186 e. The first-order valence-electron chi connectivity index (χ1n) is 5.37. The topological polar surface area (TPSA) is 24.7 Å². The van der Waals surface area contributed by atoms with Gasteiger partial charge in [-0.05, 0) is 38.5 Å². The summed E-state index contributed by atoms with van der Waals surface area (Å²) in [5.41, 5.74) is 0.557. The molecule has 1 aliphatic heterocycles. The molecule has 2 aliphatic carbocycles. The summed E-state index contributed by atoms with van der Waals surface area (Å²) >= 11 is 0. The van der Waals surface area contributed by atoms with Crippen molar-refractivity contribution >= 4 is 0 Å². The highest BCUT2D eigenvalue weighted by molar-refractivity contribution is 5.29. The minimum Gasteiger partial charge on any atom is -0.186 e. The van der Waals surface area contributed by atoms with Gasteiger partial charge >= 0.3 is 0 Å². The Labute approximate surface area is 79.8 Å². The van der Waals surface area contributed by atoms with Crippen LogP contribution in [0.3, 0.4) is 0 Å². The Bertz CT molecular complexity index is 279. The van der Waals surface area contributed by atoms with E-state index in [0.717, 1.165) is 11.8 Å². The summed E-state index contributed by atoms with van der Waals surface area (Å²) in [6.07, 6.45) is 2.75. The lowest BCUT2D eigenvalue weighted by Gasteiger charge is -2.42. The minimum absolute atomic E-state index is 0.144. The molecule has 3 rings (SSSR count). The average molecular weight is 178 g/mol. The van der Waals surface area contributed by atoms with E-state index < -0.39 is 0 Å². The van der Waals surface area contributed by atoms with Crippen LogP contribution in [-0.2, 0) is 0 Å². The molecule has 72 valence electrons. The van der Waals surface area contributed by atoms with Gasteiger partial charge in [-0.15, -0.1) is 0 Å². The van der Waals surface area contributed by atoms with Gasteiger partial charge < -0.3 is 0 Å². The maximum absolute atomic E-state index is 4.57. The zero-order valence-electron chi connectivity index (χ0n) is 8.96. The third-order valence-corrected chi connectivity index (χ3v) is 5.71. The Kier molecular flexibility index (Phi) is 1.05. The second-order valence-electron chi connectivity index (χ2n) is 5.91. The summed E-state index contributed by atoms with van der Waals surface area (Å²) < 4.78 is 0. The summed E-state index contributed by atoms with van der Waals surface area (Å²) in [6.45, 7) is 9.33. The maximum atomic E-state index is 4.57. The van der Waals surface area contributed by atoms with Crippen molar-refractivity contribution in [2.24, 2.45) is 27.5 Å². The van der Waals surface area contributed by atoms with Gasteiger partial charge in [-0.3, -0.25) is 0 Å². The van der Waals surface area contributed by atoms with Crippen molar-refractivity contribution < 1.29 is 0 Å². The van der Waals surface area contributed by atoms with E-state index in [1.165, 1.54) is 12.8 Å². The van der Waals surface area contributed by atoms with Gasteiger partial charge in [0.05, 0.1) is 11.1 Å². The summed E-state index contributed by atoms with van der Waals surface area (Å²) in [5, 5.41) is 9.14. The molecule has 2 bridgehead atoms. The van der Waals surface area contributed by atoms with Crippen molar-refractivity contribution in [2.75, 3.05) is 0 Å².